The fourth-order valence-corrected chi connectivity index (χ4v) is 2.54. The zero-order valence-corrected chi connectivity index (χ0v) is 12.2. The molecule has 10 atom stereocenters. The second-order valence-electron chi connectivity index (χ2n) is 5.64. The minimum absolute atomic E-state index is 0.0207. The number of rotatable bonds is 4. The summed E-state index contributed by atoms with van der Waals surface area (Å²) in [5.74, 6) is 0. The van der Waals surface area contributed by atoms with Gasteiger partial charge in [-0.25, -0.2) is 0 Å². The van der Waals surface area contributed by atoms with Gasteiger partial charge in [0.1, 0.15) is 36.6 Å². The fourth-order valence-electron chi connectivity index (χ4n) is 2.54. The molecule has 140 valence electrons. The summed E-state index contributed by atoms with van der Waals surface area (Å²) >= 11 is 0. The van der Waals surface area contributed by atoms with Gasteiger partial charge >= 0.3 is 0 Å². The average Bonchev–Trinajstić information content (AvgIpc) is 2.57. The molecule has 0 aliphatic carbocycles. The monoisotopic (exact) mass is 356 g/mol. The predicted octanol–water partition coefficient (Wildman–Crippen LogP) is -5.87. The first kappa shape index (κ1) is 19.6. The van der Waals surface area contributed by atoms with Crippen molar-refractivity contribution in [1.29, 1.82) is 0 Å². The molecule has 0 aromatic heterocycles. The Bertz CT molecular complexity index is 448. The van der Waals surface area contributed by atoms with Crippen LogP contribution in [-0.2, 0) is 19.0 Å². The molecule has 0 aromatic rings. The van der Waals surface area contributed by atoms with Crippen LogP contribution in [0.15, 0.2) is 0 Å². The molecule has 12 nitrogen and oxygen atoms in total. The first-order valence-corrected chi connectivity index (χ1v) is 7.01. The highest BCUT2D eigenvalue weighted by Gasteiger charge is 2.57. The molecule has 2 saturated heterocycles. The quantitative estimate of drug-likeness (QED) is 0.222. The van der Waals surface area contributed by atoms with Crippen molar-refractivity contribution in [1.82, 2.24) is 0 Å². The molecular weight excluding hydrogens is 336 g/mol. The summed E-state index contributed by atoms with van der Waals surface area (Å²) in [6.45, 7) is -1.07. The van der Waals surface area contributed by atoms with Crippen molar-refractivity contribution in [3.63, 3.8) is 0 Å². The largest absolute Gasteiger partial charge is 0.393 e. The molecule has 0 radical (unpaired) electrons. The van der Waals surface area contributed by atoms with Gasteiger partial charge in [0.2, 0.25) is 0 Å². The smallest absolute Gasteiger partial charge is 0.189 e. The van der Waals surface area contributed by atoms with Gasteiger partial charge in [0.15, 0.2) is 30.8 Å². The van der Waals surface area contributed by atoms with E-state index in [1.807, 2.05) is 0 Å². The lowest BCUT2D eigenvalue weighted by molar-refractivity contribution is -0.384. The summed E-state index contributed by atoms with van der Waals surface area (Å²) in [5.41, 5.74) is -2.31. The van der Waals surface area contributed by atoms with Gasteiger partial charge in [-0.05, 0) is 0 Å². The summed E-state index contributed by atoms with van der Waals surface area (Å²) in [6, 6.07) is 0. The molecule has 2 aliphatic heterocycles. The minimum atomic E-state index is -2.31. The molecule has 2 aliphatic rings. The van der Waals surface area contributed by atoms with Gasteiger partial charge in [0.25, 0.3) is 0 Å². The highest BCUT2D eigenvalue weighted by molar-refractivity contribution is 5.64. The van der Waals surface area contributed by atoms with Crippen molar-refractivity contribution >= 4 is 6.29 Å². The molecule has 0 aromatic carbocycles. The molecule has 0 bridgehead atoms. The molecule has 2 heterocycles. The molecule has 0 spiro atoms. The van der Waals surface area contributed by atoms with E-state index in [1.54, 1.807) is 0 Å². The number of carbonyl (C=O) groups is 1. The Balaban J connectivity index is 2.25. The van der Waals surface area contributed by atoms with E-state index < -0.39 is 67.7 Å². The van der Waals surface area contributed by atoms with E-state index in [0.717, 1.165) is 0 Å². The van der Waals surface area contributed by atoms with Crippen LogP contribution in [0.2, 0.25) is 0 Å². The average molecular weight is 356 g/mol. The van der Waals surface area contributed by atoms with Gasteiger partial charge in [-0.2, -0.15) is 0 Å². The Morgan fingerprint density at radius 3 is 2.00 bits per heavy atom. The summed E-state index contributed by atoms with van der Waals surface area (Å²) in [7, 11) is 0. The Hall–Kier alpha value is -0.770. The number of aldehydes is 1. The molecule has 8 N–H and O–H groups in total. The molecule has 0 amide bonds. The summed E-state index contributed by atoms with van der Waals surface area (Å²) in [5, 5.41) is 76.8. The maximum atomic E-state index is 11.3. The summed E-state index contributed by atoms with van der Waals surface area (Å²) < 4.78 is 14.7. The summed E-state index contributed by atoms with van der Waals surface area (Å²) in [4.78, 5) is 11.3. The Morgan fingerprint density at radius 2 is 1.46 bits per heavy atom. The highest BCUT2D eigenvalue weighted by atomic mass is 16.8. The van der Waals surface area contributed by atoms with Crippen LogP contribution in [0.25, 0.3) is 0 Å². The highest BCUT2D eigenvalue weighted by Crippen LogP contribution is 2.33. The number of aliphatic hydroxyl groups is 8. The zero-order chi connectivity index (χ0) is 18.2. The molecular formula is C12H20O12. The van der Waals surface area contributed by atoms with Crippen molar-refractivity contribution in [2.75, 3.05) is 6.61 Å². The lowest BCUT2D eigenvalue weighted by Crippen LogP contribution is -2.69. The van der Waals surface area contributed by atoms with Gasteiger partial charge in [0, 0.05) is 0 Å². The molecule has 0 unspecified atom stereocenters. The number of carbonyl (C=O) groups excluding carboxylic acids is 1. The van der Waals surface area contributed by atoms with Crippen LogP contribution in [0.4, 0.5) is 0 Å². The van der Waals surface area contributed by atoms with E-state index in [9.17, 15) is 45.6 Å². The third-order valence-corrected chi connectivity index (χ3v) is 4.05. The molecule has 2 rings (SSSR count). The van der Waals surface area contributed by atoms with Crippen LogP contribution in [0, 0.1) is 0 Å². The van der Waals surface area contributed by atoms with E-state index in [2.05, 4.69) is 0 Å². The Labute approximate surface area is 135 Å². The van der Waals surface area contributed by atoms with Crippen molar-refractivity contribution < 1.29 is 59.9 Å². The molecule has 24 heavy (non-hydrogen) atoms. The minimum Gasteiger partial charge on any atom is -0.393 e. The predicted molar refractivity (Wildman–Crippen MR) is 68.8 cm³/mol. The maximum absolute atomic E-state index is 11.3. The van der Waals surface area contributed by atoms with E-state index in [4.69, 9.17) is 14.2 Å². The van der Waals surface area contributed by atoms with Crippen molar-refractivity contribution in [3.8, 4) is 0 Å². The number of ether oxygens (including phenoxy) is 3. The molecule has 12 heteroatoms. The third kappa shape index (κ3) is 3.18. The van der Waals surface area contributed by atoms with Gasteiger partial charge in [0.05, 0.1) is 6.61 Å². The van der Waals surface area contributed by atoms with Crippen LogP contribution in [-0.4, -0.2) is 115 Å². The first-order valence-electron chi connectivity index (χ1n) is 7.01. The summed E-state index contributed by atoms with van der Waals surface area (Å²) in [6.07, 6.45) is -17.1. The van der Waals surface area contributed by atoms with Crippen LogP contribution in [0.3, 0.4) is 0 Å². The number of hydrogen-bond donors (Lipinski definition) is 8. The van der Waals surface area contributed by atoms with Gasteiger partial charge in [-0.15, -0.1) is 0 Å². The topological polar surface area (TPSA) is 207 Å². The fraction of sp³-hybridized carbons (Fsp3) is 0.917. The van der Waals surface area contributed by atoms with E-state index >= 15 is 0 Å². The maximum Gasteiger partial charge on any atom is 0.189 e. The third-order valence-electron chi connectivity index (χ3n) is 4.05. The first-order chi connectivity index (χ1) is 11.2. The standard InChI is InChI=1S/C12H20O12/c13-1-12(2-14)8(4(16)6(18)10(21)24-12)22-11-7(19)3(15)5(17)9(20)23-11/h1,3-11,14-21H,2H2/t3-,4-,5-,6+,7+,8-,9-,10+,11+,12+/m0/s1. The number of aliphatic hydroxyl groups excluding tert-OH is 8. The van der Waals surface area contributed by atoms with Gasteiger partial charge < -0.3 is 55.1 Å². The van der Waals surface area contributed by atoms with Crippen LogP contribution in [0.5, 0.6) is 0 Å². The van der Waals surface area contributed by atoms with Crippen LogP contribution >= 0.6 is 0 Å². The van der Waals surface area contributed by atoms with E-state index in [1.165, 1.54) is 0 Å². The second-order valence-corrected chi connectivity index (χ2v) is 5.64. The van der Waals surface area contributed by atoms with Crippen molar-refractivity contribution in [2.24, 2.45) is 0 Å². The Morgan fingerprint density at radius 1 is 0.875 bits per heavy atom. The van der Waals surface area contributed by atoms with E-state index in [0.29, 0.717) is 0 Å². The van der Waals surface area contributed by atoms with E-state index in [-0.39, 0.29) is 6.29 Å². The normalized spacial score (nSPS) is 52.9. The number of hydrogen-bond acceptors (Lipinski definition) is 12. The van der Waals surface area contributed by atoms with Crippen LogP contribution in [0.1, 0.15) is 0 Å². The van der Waals surface area contributed by atoms with Gasteiger partial charge in [-0.3, -0.25) is 4.79 Å². The van der Waals surface area contributed by atoms with Crippen LogP contribution < -0.4 is 0 Å². The Kier molecular flexibility index (Phi) is 5.89. The SMILES string of the molecule is O=C[C@]1(CO)O[C@@H](O)[C@H](O)[C@H](O)[C@@H]1O[C@@H]1O[C@H](O)[C@@H](O)[C@H](O)[C@H]1O. The van der Waals surface area contributed by atoms with Gasteiger partial charge in [-0.1, -0.05) is 0 Å². The molecule has 0 saturated carbocycles. The zero-order valence-electron chi connectivity index (χ0n) is 12.2. The lowest BCUT2D eigenvalue weighted by atomic mass is 9.88. The lowest BCUT2D eigenvalue weighted by Gasteiger charge is -2.48. The second kappa shape index (κ2) is 7.23. The van der Waals surface area contributed by atoms with Crippen molar-refractivity contribution in [3.05, 3.63) is 0 Å². The molecule has 2 fully saturated rings. The van der Waals surface area contributed by atoms with Crippen molar-refractivity contribution in [2.45, 2.75) is 61.1 Å².